The van der Waals surface area contributed by atoms with Crippen LogP contribution in [0.3, 0.4) is 0 Å². The van der Waals surface area contributed by atoms with Gasteiger partial charge in [0.15, 0.2) is 5.65 Å². The van der Waals surface area contributed by atoms with Crippen molar-refractivity contribution in [2.75, 3.05) is 18.4 Å². The van der Waals surface area contributed by atoms with Crippen LogP contribution >= 0.6 is 34.8 Å². The number of primary amides is 1. The molecule has 1 aromatic carbocycles. The van der Waals surface area contributed by atoms with E-state index in [1.165, 1.54) is 4.90 Å². The average molecular weight is 428 g/mol. The molecule has 0 fully saturated rings. The molecule has 0 radical (unpaired) electrons. The van der Waals surface area contributed by atoms with Crippen LogP contribution in [0.4, 0.5) is 10.7 Å². The largest absolute Gasteiger partial charge is 0.354 e. The SMILES string of the molecule is Cn1c(NCCN(Cc2cc(Cl)cc(Cl)c2)C(N)=O)nc2nc(Cl)ccc21. The Kier molecular flexibility index (Phi) is 5.94. The van der Waals surface area contributed by atoms with Crippen molar-refractivity contribution in [1.29, 1.82) is 0 Å². The number of pyridine rings is 1. The van der Waals surface area contributed by atoms with Gasteiger partial charge in [-0.2, -0.15) is 4.98 Å². The summed E-state index contributed by atoms with van der Waals surface area (Å²) in [6, 6.07) is 8.15. The van der Waals surface area contributed by atoms with Gasteiger partial charge < -0.3 is 20.5 Å². The number of imidazole rings is 1. The Morgan fingerprint density at radius 1 is 1.19 bits per heavy atom. The number of aromatic nitrogens is 3. The van der Waals surface area contributed by atoms with Gasteiger partial charge in [-0.3, -0.25) is 0 Å². The Morgan fingerprint density at radius 3 is 2.56 bits per heavy atom. The summed E-state index contributed by atoms with van der Waals surface area (Å²) in [4.78, 5) is 21.9. The first kappa shape index (κ1) is 19.5. The van der Waals surface area contributed by atoms with Gasteiger partial charge in [-0.1, -0.05) is 34.8 Å². The van der Waals surface area contributed by atoms with E-state index >= 15 is 0 Å². The highest BCUT2D eigenvalue weighted by atomic mass is 35.5. The first-order valence-corrected chi connectivity index (χ1v) is 9.19. The lowest BCUT2D eigenvalue weighted by atomic mass is 10.2. The lowest BCUT2D eigenvalue weighted by Crippen LogP contribution is -2.38. The third-order valence-corrected chi connectivity index (χ3v) is 4.63. The van der Waals surface area contributed by atoms with E-state index in [2.05, 4.69) is 15.3 Å². The molecule has 0 unspecified atom stereocenters. The van der Waals surface area contributed by atoms with E-state index in [1.54, 1.807) is 24.3 Å². The number of hydrogen-bond acceptors (Lipinski definition) is 4. The zero-order valence-electron chi connectivity index (χ0n) is 14.4. The molecule has 7 nitrogen and oxygen atoms in total. The van der Waals surface area contributed by atoms with Gasteiger partial charge in [0, 0.05) is 36.7 Å². The Labute approximate surface area is 171 Å². The van der Waals surface area contributed by atoms with Crippen molar-refractivity contribution in [3.63, 3.8) is 0 Å². The summed E-state index contributed by atoms with van der Waals surface area (Å²) in [5, 5.41) is 4.58. The van der Waals surface area contributed by atoms with Crippen LogP contribution in [0.2, 0.25) is 15.2 Å². The number of benzene rings is 1. The van der Waals surface area contributed by atoms with E-state index in [4.69, 9.17) is 40.5 Å². The van der Waals surface area contributed by atoms with Crippen LogP contribution in [0.25, 0.3) is 11.2 Å². The Bertz CT molecular complexity index is 970. The molecular weight excluding hydrogens is 411 g/mol. The summed E-state index contributed by atoms with van der Waals surface area (Å²) in [6.45, 7) is 1.12. The molecule has 0 saturated carbocycles. The van der Waals surface area contributed by atoms with E-state index in [9.17, 15) is 4.79 Å². The molecule has 2 aromatic heterocycles. The van der Waals surface area contributed by atoms with Crippen LogP contribution in [0, 0.1) is 0 Å². The quantitative estimate of drug-likeness (QED) is 0.583. The summed E-state index contributed by atoms with van der Waals surface area (Å²) in [7, 11) is 1.87. The van der Waals surface area contributed by atoms with E-state index < -0.39 is 6.03 Å². The van der Waals surface area contributed by atoms with Gasteiger partial charge in [0.1, 0.15) is 5.15 Å². The van der Waals surface area contributed by atoms with Gasteiger partial charge in [0.05, 0.1) is 5.52 Å². The zero-order chi connectivity index (χ0) is 19.6. The molecule has 0 saturated heterocycles. The minimum atomic E-state index is -0.536. The predicted octanol–water partition coefficient (Wildman–Crippen LogP) is 3.92. The fourth-order valence-corrected chi connectivity index (χ4v) is 3.42. The second-order valence-electron chi connectivity index (χ2n) is 5.94. The summed E-state index contributed by atoms with van der Waals surface area (Å²) in [5.41, 5.74) is 7.69. The minimum Gasteiger partial charge on any atom is -0.354 e. The fraction of sp³-hybridized carbons (Fsp3) is 0.235. The Hall–Kier alpha value is -2.22. The van der Waals surface area contributed by atoms with E-state index in [0.717, 1.165) is 11.1 Å². The van der Waals surface area contributed by atoms with Crippen LogP contribution in [-0.2, 0) is 13.6 Å². The van der Waals surface area contributed by atoms with Gasteiger partial charge in [-0.05, 0) is 35.9 Å². The molecular formula is C17H17Cl3N6O. The lowest BCUT2D eigenvalue weighted by molar-refractivity contribution is 0.207. The van der Waals surface area contributed by atoms with Crippen molar-refractivity contribution < 1.29 is 4.79 Å². The Morgan fingerprint density at radius 2 is 1.89 bits per heavy atom. The van der Waals surface area contributed by atoms with Crippen molar-refractivity contribution in [1.82, 2.24) is 19.4 Å². The van der Waals surface area contributed by atoms with E-state index in [0.29, 0.717) is 46.4 Å². The molecule has 3 rings (SSSR count). The van der Waals surface area contributed by atoms with Gasteiger partial charge in [0.25, 0.3) is 0 Å². The molecule has 0 aliphatic heterocycles. The number of carbonyl (C=O) groups is 1. The van der Waals surface area contributed by atoms with Crippen LogP contribution in [0.5, 0.6) is 0 Å². The highest BCUT2D eigenvalue weighted by Crippen LogP contribution is 2.21. The molecule has 2 amide bonds. The van der Waals surface area contributed by atoms with E-state index in [1.807, 2.05) is 17.7 Å². The van der Waals surface area contributed by atoms with Crippen molar-refractivity contribution in [3.05, 3.63) is 51.1 Å². The number of carbonyl (C=O) groups excluding carboxylic acids is 1. The molecule has 3 N–H and O–H groups in total. The maximum Gasteiger partial charge on any atom is 0.315 e. The smallest absolute Gasteiger partial charge is 0.315 e. The molecule has 3 aromatic rings. The molecule has 27 heavy (non-hydrogen) atoms. The second kappa shape index (κ2) is 8.21. The summed E-state index contributed by atoms with van der Waals surface area (Å²) in [6.07, 6.45) is 0. The Balaban J connectivity index is 1.66. The van der Waals surface area contributed by atoms with Crippen LogP contribution in [0.15, 0.2) is 30.3 Å². The predicted molar refractivity (Wildman–Crippen MR) is 108 cm³/mol. The standard InChI is InChI=1S/C17H17Cl3N6O/c1-25-13-2-3-14(20)23-15(13)24-17(25)22-4-5-26(16(21)27)9-10-6-11(18)8-12(19)7-10/h2-3,6-8H,4-5,9H2,1H3,(H2,21,27)(H,22,23,24). The zero-order valence-corrected chi connectivity index (χ0v) is 16.7. The van der Waals surface area contributed by atoms with Crippen LogP contribution in [-0.4, -0.2) is 38.6 Å². The topological polar surface area (TPSA) is 89.1 Å². The van der Waals surface area contributed by atoms with Crippen molar-refractivity contribution in [2.45, 2.75) is 6.54 Å². The molecule has 0 bridgehead atoms. The van der Waals surface area contributed by atoms with Crippen LogP contribution < -0.4 is 11.1 Å². The van der Waals surface area contributed by atoms with Gasteiger partial charge in [-0.25, -0.2) is 9.78 Å². The number of aryl methyl sites for hydroxylation is 1. The average Bonchev–Trinajstić information content (AvgIpc) is 2.88. The maximum atomic E-state index is 11.8. The molecule has 10 heteroatoms. The van der Waals surface area contributed by atoms with Crippen LogP contribution in [0.1, 0.15) is 5.56 Å². The molecule has 2 heterocycles. The normalized spacial score (nSPS) is 11.0. The number of fused-ring (bicyclic) bond motifs is 1. The van der Waals surface area contributed by atoms with Crippen molar-refractivity contribution in [2.24, 2.45) is 12.8 Å². The summed E-state index contributed by atoms with van der Waals surface area (Å²) in [5.74, 6) is 0.620. The molecule has 0 atom stereocenters. The number of hydrogen-bond donors (Lipinski definition) is 2. The highest BCUT2D eigenvalue weighted by Gasteiger charge is 2.13. The fourth-order valence-electron chi connectivity index (χ4n) is 2.70. The third-order valence-electron chi connectivity index (χ3n) is 3.98. The summed E-state index contributed by atoms with van der Waals surface area (Å²) >= 11 is 17.9. The number of amides is 2. The summed E-state index contributed by atoms with van der Waals surface area (Å²) < 4.78 is 1.87. The number of nitrogens with two attached hydrogens (primary N) is 1. The van der Waals surface area contributed by atoms with Crippen molar-refractivity contribution in [3.8, 4) is 0 Å². The van der Waals surface area contributed by atoms with Gasteiger partial charge in [0.2, 0.25) is 5.95 Å². The molecule has 0 aliphatic rings. The number of nitrogens with zero attached hydrogens (tertiary/aromatic N) is 4. The molecule has 0 aliphatic carbocycles. The number of halogens is 3. The molecule has 0 spiro atoms. The number of anilines is 1. The van der Waals surface area contributed by atoms with Gasteiger partial charge in [-0.15, -0.1) is 0 Å². The maximum absolute atomic E-state index is 11.8. The highest BCUT2D eigenvalue weighted by molar-refractivity contribution is 6.34. The van der Waals surface area contributed by atoms with Gasteiger partial charge >= 0.3 is 6.03 Å². The first-order chi connectivity index (χ1) is 12.8. The third kappa shape index (κ3) is 4.74. The molecule has 142 valence electrons. The number of rotatable bonds is 6. The van der Waals surface area contributed by atoms with Crippen molar-refractivity contribution >= 4 is 57.9 Å². The number of nitrogens with one attached hydrogen (secondary N) is 1. The second-order valence-corrected chi connectivity index (χ2v) is 7.20. The first-order valence-electron chi connectivity index (χ1n) is 8.05. The lowest BCUT2D eigenvalue weighted by Gasteiger charge is -2.21. The number of urea groups is 1. The minimum absolute atomic E-state index is 0.303. The monoisotopic (exact) mass is 426 g/mol. The van der Waals surface area contributed by atoms with E-state index in [-0.39, 0.29) is 0 Å².